The van der Waals surface area contributed by atoms with Crippen molar-refractivity contribution < 1.29 is 19.7 Å². The highest BCUT2D eigenvalue weighted by Gasteiger charge is 2.37. The van der Waals surface area contributed by atoms with E-state index in [2.05, 4.69) is 5.32 Å². The van der Waals surface area contributed by atoms with E-state index in [1.54, 1.807) is 0 Å². The molecule has 0 aromatic carbocycles. The maximum Gasteiger partial charge on any atom is 0.237 e. The number of nitrogens with two attached hydrogens (primary N) is 2. The highest BCUT2D eigenvalue weighted by Crippen LogP contribution is 2.11. The maximum absolute atomic E-state index is 11.2. The smallest absolute Gasteiger partial charge is 0.237 e. The number of aliphatic hydroxyl groups is 2. The molecule has 0 bridgehead atoms. The number of ether oxygens (including phenoxy) is 1. The minimum atomic E-state index is -1.21. The minimum Gasteiger partial charge on any atom is -0.389 e. The SMILES string of the molecule is C[C@@H](N)C(=O)N[C@H]1CO[C@@H](O)C(N)[C@H]1O. The van der Waals surface area contributed by atoms with Gasteiger partial charge in [0.1, 0.15) is 0 Å². The highest BCUT2D eigenvalue weighted by molar-refractivity contribution is 5.81. The molecule has 1 aliphatic heterocycles. The van der Waals surface area contributed by atoms with Gasteiger partial charge in [0.05, 0.1) is 30.8 Å². The van der Waals surface area contributed by atoms with E-state index in [0.717, 1.165) is 0 Å². The van der Waals surface area contributed by atoms with Crippen molar-refractivity contribution in [3.8, 4) is 0 Å². The summed E-state index contributed by atoms with van der Waals surface area (Å²) >= 11 is 0. The molecule has 88 valence electrons. The molecule has 1 unspecified atom stereocenters. The molecule has 0 aliphatic carbocycles. The standard InChI is InChI=1S/C8H17N3O4/c1-3(9)7(13)11-4-2-15-8(14)5(10)6(4)12/h3-6,8,12,14H,2,9-10H2,1H3,(H,11,13)/t3-,4+,5?,6+,8-/m1/s1. The average Bonchev–Trinajstić information content (AvgIpc) is 2.18. The predicted octanol–water partition coefficient (Wildman–Crippen LogP) is -3.14. The third kappa shape index (κ3) is 2.86. The van der Waals surface area contributed by atoms with Gasteiger partial charge in [0.15, 0.2) is 6.29 Å². The Morgan fingerprint density at radius 1 is 1.60 bits per heavy atom. The summed E-state index contributed by atoms with van der Waals surface area (Å²) in [5.41, 5.74) is 10.8. The summed E-state index contributed by atoms with van der Waals surface area (Å²) in [6.07, 6.45) is -2.25. The lowest BCUT2D eigenvalue weighted by Gasteiger charge is -2.36. The molecule has 5 atom stereocenters. The van der Waals surface area contributed by atoms with Crippen molar-refractivity contribution in [2.45, 2.75) is 37.4 Å². The van der Waals surface area contributed by atoms with E-state index in [4.69, 9.17) is 21.3 Å². The molecule has 0 radical (unpaired) electrons. The number of rotatable bonds is 2. The molecular weight excluding hydrogens is 202 g/mol. The van der Waals surface area contributed by atoms with E-state index in [-0.39, 0.29) is 6.61 Å². The molecule has 7 N–H and O–H groups in total. The van der Waals surface area contributed by atoms with Crippen molar-refractivity contribution in [3.63, 3.8) is 0 Å². The number of hydrogen-bond donors (Lipinski definition) is 5. The van der Waals surface area contributed by atoms with Gasteiger partial charge in [-0.05, 0) is 6.92 Å². The molecule has 7 nitrogen and oxygen atoms in total. The normalized spacial score (nSPS) is 38.5. The molecule has 1 fully saturated rings. The number of carbonyl (C=O) groups excluding carboxylic acids is 1. The highest BCUT2D eigenvalue weighted by atomic mass is 16.6. The van der Waals surface area contributed by atoms with E-state index in [9.17, 15) is 9.90 Å². The second kappa shape index (κ2) is 4.86. The van der Waals surface area contributed by atoms with Crippen LogP contribution < -0.4 is 16.8 Å². The summed E-state index contributed by atoms with van der Waals surface area (Å²) in [4.78, 5) is 11.2. The van der Waals surface area contributed by atoms with Gasteiger partial charge in [-0.25, -0.2) is 0 Å². The van der Waals surface area contributed by atoms with Crippen LogP contribution in [0.4, 0.5) is 0 Å². The van der Waals surface area contributed by atoms with Crippen LogP contribution in [0.15, 0.2) is 0 Å². The first-order valence-electron chi connectivity index (χ1n) is 4.72. The van der Waals surface area contributed by atoms with E-state index in [1.165, 1.54) is 6.92 Å². The van der Waals surface area contributed by atoms with Gasteiger partial charge in [-0.15, -0.1) is 0 Å². The van der Waals surface area contributed by atoms with Crippen LogP contribution in [-0.4, -0.2) is 53.2 Å². The summed E-state index contributed by atoms with van der Waals surface area (Å²) < 4.78 is 4.87. The van der Waals surface area contributed by atoms with E-state index >= 15 is 0 Å². The number of nitrogens with one attached hydrogen (secondary N) is 1. The Morgan fingerprint density at radius 2 is 2.20 bits per heavy atom. The van der Waals surface area contributed by atoms with Crippen LogP contribution in [-0.2, 0) is 9.53 Å². The lowest BCUT2D eigenvalue weighted by atomic mass is 10.0. The van der Waals surface area contributed by atoms with Gasteiger partial charge in [-0.1, -0.05) is 0 Å². The van der Waals surface area contributed by atoms with E-state index in [1.807, 2.05) is 0 Å². The number of aliphatic hydroxyl groups excluding tert-OH is 2. The van der Waals surface area contributed by atoms with Crippen LogP contribution in [0.3, 0.4) is 0 Å². The Balaban J connectivity index is 2.53. The van der Waals surface area contributed by atoms with Crippen LogP contribution >= 0.6 is 0 Å². The maximum atomic E-state index is 11.2. The summed E-state index contributed by atoms with van der Waals surface area (Å²) in [5, 5.41) is 21.3. The molecule has 1 amide bonds. The van der Waals surface area contributed by atoms with E-state index < -0.39 is 36.4 Å². The second-order valence-electron chi connectivity index (χ2n) is 3.70. The monoisotopic (exact) mass is 219 g/mol. The van der Waals surface area contributed by atoms with Gasteiger partial charge in [0.2, 0.25) is 5.91 Å². The lowest BCUT2D eigenvalue weighted by molar-refractivity contribution is -0.178. The molecule has 1 heterocycles. The molecule has 1 aliphatic rings. The fraction of sp³-hybridized carbons (Fsp3) is 0.875. The third-order valence-electron chi connectivity index (χ3n) is 2.32. The third-order valence-corrected chi connectivity index (χ3v) is 2.32. The summed E-state index contributed by atoms with van der Waals surface area (Å²) in [6, 6.07) is -2.24. The van der Waals surface area contributed by atoms with Crippen LogP contribution in [0.1, 0.15) is 6.92 Å². The predicted molar refractivity (Wildman–Crippen MR) is 51.5 cm³/mol. The Bertz CT molecular complexity index is 236. The number of carbonyl (C=O) groups is 1. The molecule has 0 aromatic heterocycles. The van der Waals surface area contributed by atoms with Crippen molar-refractivity contribution in [2.75, 3.05) is 6.61 Å². The fourth-order valence-electron chi connectivity index (χ4n) is 1.29. The molecule has 0 saturated carbocycles. The van der Waals surface area contributed by atoms with Crippen LogP contribution in [0, 0.1) is 0 Å². The zero-order valence-electron chi connectivity index (χ0n) is 8.46. The average molecular weight is 219 g/mol. The quantitative estimate of drug-likeness (QED) is 0.333. The van der Waals surface area contributed by atoms with E-state index in [0.29, 0.717) is 0 Å². The summed E-state index contributed by atoms with van der Waals surface area (Å²) in [6.45, 7) is 1.54. The molecule has 7 heteroatoms. The van der Waals surface area contributed by atoms with Gasteiger partial charge >= 0.3 is 0 Å². The number of hydrogen-bond acceptors (Lipinski definition) is 6. The first-order chi connectivity index (χ1) is 6.93. The van der Waals surface area contributed by atoms with Crippen molar-refractivity contribution in [1.29, 1.82) is 0 Å². The topological polar surface area (TPSA) is 131 Å². The van der Waals surface area contributed by atoms with Crippen molar-refractivity contribution in [3.05, 3.63) is 0 Å². The zero-order valence-corrected chi connectivity index (χ0v) is 8.46. The van der Waals surface area contributed by atoms with Crippen LogP contribution in [0.5, 0.6) is 0 Å². The molecule has 1 saturated heterocycles. The minimum absolute atomic E-state index is 0.00843. The van der Waals surface area contributed by atoms with Crippen LogP contribution in [0.2, 0.25) is 0 Å². The summed E-state index contributed by atoms with van der Waals surface area (Å²) in [5.74, 6) is -0.397. The van der Waals surface area contributed by atoms with Gasteiger partial charge in [-0.3, -0.25) is 4.79 Å². The van der Waals surface area contributed by atoms with Crippen molar-refractivity contribution in [2.24, 2.45) is 11.5 Å². The van der Waals surface area contributed by atoms with Gasteiger partial charge < -0.3 is 31.7 Å². The molecule has 15 heavy (non-hydrogen) atoms. The lowest BCUT2D eigenvalue weighted by Crippen LogP contribution is -2.63. The first kappa shape index (κ1) is 12.3. The Kier molecular flexibility index (Phi) is 4.00. The zero-order chi connectivity index (χ0) is 11.6. The molecular formula is C8H17N3O4. The second-order valence-corrected chi connectivity index (χ2v) is 3.70. The van der Waals surface area contributed by atoms with Crippen molar-refractivity contribution in [1.82, 2.24) is 5.32 Å². The van der Waals surface area contributed by atoms with Gasteiger partial charge in [-0.2, -0.15) is 0 Å². The summed E-state index contributed by atoms with van der Waals surface area (Å²) in [7, 11) is 0. The Hall–Kier alpha value is -0.730. The molecule has 0 spiro atoms. The van der Waals surface area contributed by atoms with Crippen LogP contribution in [0.25, 0.3) is 0 Å². The largest absolute Gasteiger partial charge is 0.389 e. The fourth-order valence-corrected chi connectivity index (χ4v) is 1.29. The van der Waals surface area contributed by atoms with Gasteiger partial charge in [0, 0.05) is 0 Å². The molecule has 0 aromatic rings. The Labute approximate surface area is 87.4 Å². The Morgan fingerprint density at radius 3 is 2.73 bits per heavy atom. The van der Waals surface area contributed by atoms with Crippen molar-refractivity contribution >= 4 is 5.91 Å². The molecule has 1 rings (SSSR count). The first-order valence-corrected chi connectivity index (χ1v) is 4.72. The van der Waals surface area contributed by atoms with Gasteiger partial charge in [0.25, 0.3) is 0 Å². The number of amides is 1.